The van der Waals surface area contributed by atoms with Crippen molar-refractivity contribution in [3.05, 3.63) is 84.0 Å². The summed E-state index contributed by atoms with van der Waals surface area (Å²) in [5.41, 5.74) is 11.8. The van der Waals surface area contributed by atoms with Crippen LogP contribution in [-0.4, -0.2) is 122 Å². The maximum atomic E-state index is 13.5. The first-order valence-corrected chi connectivity index (χ1v) is 22.4. The lowest BCUT2D eigenvalue weighted by molar-refractivity contribution is -0.155. The Bertz CT molecular complexity index is 2440. The third kappa shape index (κ3) is 12.6. The van der Waals surface area contributed by atoms with Crippen LogP contribution in [0.2, 0.25) is 0 Å². The SMILES string of the molecule is C=CCCC(=O)N[C@@H](Cc1ccccc1)C(=S)NCC(=O)OC1C(O)[C@H](n2cnc3c(N)ncnc32)O[C@@H]1COP(=O)(O)OC1C[C@H](n2ccc(N)nc2=O)O[C@@H]1COP(=O)(O)O. The van der Waals surface area contributed by atoms with Crippen LogP contribution in [0.4, 0.5) is 11.6 Å². The average molecular weight is 939 g/mol. The molecule has 0 radical (unpaired) electrons. The van der Waals surface area contributed by atoms with Crippen LogP contribution in [0.1, 0.15) is 37.3 Å². The van der Waals surface area contributed by atoms with Gasteiger partial charge < -0.3 is 56.1 Å². The number of anilines is 2. The summed E-state index contributed by atoms with van der Waals surface area (Å²) in [6.45, 7) is 1.36. The number of amides is 1. The van der Waals surface area contributed by atoms with Gasteiger partial charge in [0.25, 0.3) is 0 Å². The monoisotopic (exact) mass is 938 g/mol. The lowest BCUT2D eigenvalue weighted by atomic mass is 10.1. The predicted molar refractivity (Wildman–Crippen MR) is 222 cm³/mol. The van der Waals surface area contributed by atoms with Gasteiger partial charge in [-0.2, -0.15) is 4.98 Å². The third-order valence-corrected chi connectivity index (χ3v) is 11.5. The Hall–Kier alpha value is -5.08. The third-order valence-electron chi connectivity index (χ3n) is 9.57. The number of phosphoric ester groups is 2. The number of hydrogen-bond acceptors (Lipinski definition) is 19. The van der Waals surface area contributed by atoms with E-state index in [1.165, 1.54) is 23.2 Å². The van der Waals surface area contributed by atoms with E-state index in [-0.39, 0.29) is 53.0 Å². The lowest BCUT2D eigenvalue weighted by Crippen LogP contribution is -2.49. The summed E-state index contributed by atoms with van der Waals surface area (Å²) in [6.07, 6.45) is -4.56. The largest absolute Gasteiger partial charge is 0.472 e. The quantitative estimate of drug-likeness (QED) is 0.0249. The fourth-order valence-electron chi connectivity index (χ4n) is 6.64. The summed E-state index contributed by atoms with van der Waals surface area (Å²) in [5.74, 6) is -1.36. The molecule has 1 aromatic carbocycles. The lowest BCUT2D eigenvalue weighted by Gasteiger charge is -2.24. The molecule has 0 saturated carbocycles. The van der Waals surface area contributed by atoms with Crippen LogP contribution < -0.4 is 27.8 Å². The van der Waals surface area contributed by atoms with Crippen LogP contribution >= 0.6 is 27.9 Å². The van der Waals surface area contributed by atoms with Crippen LogP contribution in [0.25, 0.3) is 11.2 Å². The highest BCUT2D eigenvalue weighted by molar-refractivity contribution is 7.80. The zero-order chi connectivity index (χ0) is 45.5. The second kappa shape index (κ2) is 20.6. The summed E-state index contributed by atoms with van der Waals surface area (Å²) in [5, 5.41) is 17.2. The molecule has 1 amide bonds. The number of allylic oxidation sites excluding steroid dienone is 1. The molecule has 4 unspecified atom stereocenters. The number of carbonyl (C=O) groups excluding carboxylic acids is 2. The Kier molecular flexibility index (Phi) is 15.5. The number of phosphoric acid groups is 2. The predicted octanol–water partition coefficient (Wildman–Crippen LogP) is -0.0726. The number of hydrogen-bond donors (Lipinski definition) is 8. The number of nitrogen functional groups attached to an aromatic ring is 2. The van der Waals surface area contributed by atoms with Crippen LogP contribution in [0.5, 0.6) is 0 Å². The minimum Gasteiger partial charge on any atom is -0.455 e. The second-order valence-corrected chi connectivity index (χ2v) is 17.1. The zero-order valence-corrected chi connectivity index (χ0v) is 35.6. The molecular weight excluding hydrogens is 894 g/mol. The number of aliphatic hydroxyl groups excluding tert-OH is 1. The normalized spacial score (nSPS) is 23.8. The Balaban J connectivity index is 1.17. The van der Waals surface area contributed by atoms with E-state index >= 15 is 0 Å². The number of nitrogens with one attached hydrogen (secondary N) is 2. The number of benzene rings is 1. The van der Waals surface area contributed by atoms with E-state index in [0.29, 0.717) is 6.42 Å². The molecule has 0 aliphatic carbocycles. The van der Waals surface area contributed by atoms with Gasteiger partial charge in [-0.05, 0) is 24.5 Å². The number of carbonyl (C=O) groups is 2. The molecule has 0 spiro atoms. The van der Waals surface area contributed by atoms with Crippen molar-refractivity contribution in [3.63, 3.8) is 0 Å². The molecule has 10 N–H and O–H groups in total. The van der Waals surface area contributed by atoms with Crippen molar-refractivity contribution in [1.82, 2.24) is 39.7 Å². The molecule has 6 rings (SSSR count). The van der Waals surface area contributed by atoms with Crippen molar-refractivity contribution in [2.24, 2.45) is 0 Å². The number of imidazole rings is 1. The highest BCUT2D eigenvalue weighted by atomic mass is 32.1. The number of esters is 1. The number of nitrogens with zero attached hydrogens (tertiary/aromatic N) is 6. The number of nitrogens with two attached hydrogens (primary N) is 2. The summed E-state index contributed by atoms with van der Waals surface area (Å²) in [6, 6.07) is 9.72. The number of fused-ring (bicyclic) bond motifs is 1. The number of rotatable bonds is 20. The van der Waals surface area contributed by atoms with E-state index in [9.17, 15) is 43.3 Å². The fourth-order valence-corrected chi connectivity index (χ4v) is 8.15. The van der Waals surface area contributed by atoms with Crippen molar-refractivity contribution < 1.29 is 66.3 Å². The fraction of sp³-hybridized carbons (Fsp3) is 0.429. The topological polar surface area (TPSA) is 359 Å². The molecule has 5 heterocycles. The number of aliphatic hydroxyl groups is 1. The van der Waals surface area contributed by atoms with Gasteiger partial charge in [-0.15, -0.1) is 6.58 Å². The molecule has 2 aliphatic heterocycles. The summed E-state index contributed by atoms with van der Waals surface area (Å²) in [7, 11) is -10.3. The molecule has 2 fully saturated rings. The number of ether oxygens (including phenoxy) is 3. The van der Waals surface area contributed by atoms with Crippen molar-refractivity contribution in [1.29, 1.82) is 0 Å². The smallest absolute Gasteiger partial charge is 0.455 e. The van der Waals surface area contributed by atoms with Gasteiger partial charge in [-0.25, -0.2) is 28.9 Å². The Morgan fingerprint density at radius 1 is 1.05 bits per heavy atom. The van der Waals surface area contributed by atoms with Crippen molar-refractivity contribution >= 4 is 67.5 Å². The summed E-state index contributed by atoms with van der Waals surface area (Å²) < 4.78 is 59.9. The van der Waals surface area contributed by atoms with E-state index in [1.807, 2.05) is 30.3 Å². The molecule has 4 aromatic rings. The summed E-state index contributed by atoms with van der Waals surface area (Å²) in [4.78, 5) is 84.1. The number of thiocarbonyl (C=S) groups is 1. The van der Waals surface area contributed by atoms with Gasteiger partial charge in [0, 0.05) is 19.0 Å². The van der Waals surface area contributed by atoms with Crippen LogP contribution in [0.3, 0.4) is 0 Å². The molecule has 9 atom stereocenters. The van der Waals surface area contributed by atoms with Gasteiger partial charge in [0.05, 0.1) is 30.6 Å². The molecule has 25 nitrogen and oxygen atoms in total. The minimum absolute atomic E-state index is 0.0112. The van der Waals surface area contributed by atoms with Gasteiger partial charge in [0.2, 0.25) is 5.91 Å². The Labute approximate surface area is 362 Å². The number of aromatic nitrogens is 6. The molecule has 2 saturated heterocycles. The Morgan fingerprint density at radius 3 is 2.51 bits per heavy atom. The van der Waals surface area contributed by atoms with E-state index in [4.69, 9.17) is 46.9 Å². The maximum Gasteiger partial charge on any atom is 0.472 e. The molecular formula is C35H44N10O15P2S. The minimum atomic E-state index is -5.21. The van der Waals surface area contributed by atoms with E-state index < -0.39 is 96.1 Å². The van der Waals surface area contributed by atoms with Gasteiger partial charge in [-0.1, -0.05) is 48.6 Å². The molecule has 28 heteroatoms. The van der Waals surface area contributed by atoms with E-state index in [2.05, 4.69) is 41.7 Å². The van der Waals surface area contributed by atoms with Gasteiger partial charge in [0.1, 0.15) is 54.9 Å². The average Bonchev–Trinajstić information content (AvgIpc) is 3.92. The first-order valence-electron chi connectivity index (χ1n) is 18.9. The summed E-state index contributed by atoms with van der Waals surface area (Å²) >= 11 is 5.58. The standard InChI is InChI=1S/C35H44N10O15P2S/c1-2-3-9-25(46)42-20(12-19-7-5-4-6-8-19)33(63)38-14-27(47)59-30-23(58-34(29(30)48)45-18-41-28-31(37)39-17-40-32(28)45)16-56-62(53,54)60-21-13-26(44-11-10-24(36)43-35(44)49)57-22(21)15-55-61(50,51)52/h2,4-8,10-11,17-18,20-23,26,29-30,34,48H,1,3,9,12-16H2,(H,38,63)(H,42,46)(H,53,54)(H2,36,43,49)(H2,37,39,40)(H2,50,51,52)/t20-,21?,22+,23+,26+,29?,30?,34+/m0/s1. The van der Waals surface area contributed by atoms with Crippen LogP contribution in [0, 0.1) is 0 Å². The first-order chi connectivity index (χ1) is 29.9. The Morgan fingerprint density at radius 2 is 1.79 bits per heavy atom. The highest BCUT2D eigenvalue weighted by Crippen LogP contribution is 2.50. The van der Waals surface area contributed by atoms with Crippen LogP contribution in [0.15, 0.2) is 72.7 Å². The van der Waals surface area contributed by atoms with Crippen molar-refractivity contribution in [2.75, 3.05) is 31.2 Å². The van der Waals surface area contributed by atoms with Crippen molar-refractivity contribution in [3.8, 4) is 0 Å². The van der Waals surface area contributed by atoms with Crippen molar-refractivity contribution in [2.45, 2.75) is 74.7 Å². The molecule has 2 aliphatic rings. The highest BCUT2D eigenvalue weighted by Gasteiger charge is 2.50. The molecule has 0 bridgehead atoms. The molecule has 63 heavy (non-hydrogen) atoms. The van der Waals surface area contributed by atoms with E-state index in [1.54, 1.807) is 6.08 Å². The second-order valence-electron chi connectivity index (χ2n) is 14.0. The van der Waals surface area contributed by atoms with Gasteiger partial charge >= 0.3 is 27.3 Å². The van der Waals surface area contributed by atoms with Gasteiger partial charge in [-0.3, -0.25) is 32.3 Å². The zero-order valence-electron chi connectivity index (χ0n) is 33.0. The first kappa shape index (κ1) is 47.4. The molecule has 3 aromatic heterocycles. The van der Waals surface area contributed by atoms with Crippen LogP contribution in [-0.2, 0) is 52.9 Å². The van der Waals surface area contributed by atoms with Gasteiger partial charge in [0.15, 0.2) is 23.8 Å². The van der Waals surface area contributed by atoms with E-state index in [0.717, 1.165) is 16.5 Å². The maximum absolute atomic E-state index is 13.5. The molecule has 340 valence electrons.